The van der Waals surface area contributed by atoms with Crippen molar-refractivity contribution in [3.05, 3.63) is 88.9 Å². The first-order chi connectivity index (χ1) is 12.6. The van der Waals surface area contributed by atoms with Gasteiger partial charge >= 0.3 is 0 Å². The van der Waals surface area contributed by atoms with Crippen LogP contribution in [-0.4, -0.2) is 11.0 Å². The number of hydrogen-bond acceptors (Lipinski definition) is 3. The lowest BCUT2D eigenvalue weighted by Gasteiger charge is -2.20. The van der Waals surface area contributed by atoms with Crippen molar-refractivity contribution in [3.63, 3.8) is 0 Å². The number of phenolic OH excluding ortho intramolecular Hbond substituents is 1. The molecule has 3 aromatic rings. The number of rotatable bonds is 6. The van der Waals surface area contributed by atoms with Crippen molar-refractivity contribution in [3.8, 4) is 5.75 Å². The molecule has 0 radical (unpaired) electrons. The van der Waals surface area contributed by atoms with Gasteiger partial charge in [0.2, 0.25) is 5.91 Å². The molecule has 4 heteroatoms. The Kier molecular flexibility index (Phi) is 5.42. The maximum atomic E-state index is 12.5. The second-order valence-electron chi connectivity index (χ2n) is 6.47. The molecule has 0 saturated heterocycles. The first-order valence-corrected chi connectivity index (χ1v) is 8.69. The van der Waals surface area contributed by atoms with Gasteiger partial charge in [0.25, 0.3) is 0 Å². The highest BCUT2D eigenvalue weighted by Gasteiger charge is 2.22. The van der Waals surface area contributed by atoms with Gasteiger partial charge in [-0.3, -0.25) is 4.79 Å². The lowest BCUT2D eigenvalue weighted by molar-refractivity contribution is -0.121. The molecule has 0 unspecified atom stereocenters. The Morgan fingerprint density at radius 3 is 2.54 bits per heavy atom. The first-order valence-electron chi connectivity index (χ1n) is 8.69. The zero-order valence-electron chi connectivity index (χ0n) is 15.0. The van der Waals surface area contributed by atoms with E-state index in [2.05, 4.69) is 5.32 Å². The number of furan rings is 1. The molecule has 0 spiro atoms. The third kappa shape index (κ3) is 3.97. The fourth-order valence-electron chi connectivity index (χ4n) is 3.05. The number of benzene rings is 2. The van der Waals surface area contributed by atoms with Crippen molar-refractivity contribution in [1.29, 1.82) is 0 Å². The summed E-state index contributed by atoms with van der Waals surface area (Å²) in [6, 6.07) is 17.3. The van der Waals surface area contributed by atoms with Crippen LogP contribution in [0.25, 0.3) is 0 Å². The highest BCUT2D eigenvalue weighted by Crippen LogP contribution is 2.36. The summed E-state index contributed by atoms with van der Waals surface area (Å²) in [5, 5.41) is 13.5. The summed E-state index contributed by atoms with van der Waals surface area (Å²) in [7, 11) is 0. The minimum Gasteiger partial charge on any atom is -0.507 e. The SMILES string of the molecule is Cc1ccc([C@H](CC(=O)NCc2ccco2)c2ccccc2)c(O)c1C. The van der Waals surface area contributed by atoms with E-state index in [-0.39, 0.29) is 24.0 Å². The molecule has 0 saturated carbocycles. The van der Waals surface area contributed by atoms with Crippen LogP contribution < -0.4 is 5.32 Å². The van der Waals surface area contributed by atoms with Crippen LogP contribution in [0.3, 0.4) is 0 Å². The minimum atomic E-state index is -0.216. The van der Waals surface area contributed by atoms with Crippen LogP contribution in [0.15, 0.2) is 65.3 Å². The van der Waals surface area contributed by atoms with Crippen LogP contribution in [-0.2, 0) is 11.3 Å². The molecule has 0 aliphatic heterocycles. The minimum absolute atomic E-state index is 0.0899. The van der Waals surface area contributed by atoms with Gasteiger partial charge in [0.15, 0.2) is 0 Å². The predicted octanol–water partition coefficient (Wildman–Crippen LogP) is 4.44. The summed E-state index contributed by atoms with van der Waals surface area (Å²) in [5.74, 6) is 0.668. The Morgan fingerprint density at radius 1 is 1.08 bits per heavy atom. The molecule has 4 nitrogen and oxygen atoms in total. The molecule has 0 aliphatic rings. The van der Waals surface area contributed by atoms with Gasteiger partial charge in [-0.1, -0.05) is 42.5 Å². The number of carbonyl (C=O) groups excluding carboxylic acids is 1. The van der Waals surface area contributed by atoms with Gasteiger partial charge in [-0.15, -0.1) is 0 Å². The topological polar surface area (TPSA) is 62.5 Å². The van der Waals surface area contributed by atoms with E-state index in [4.69, 9.17) is 4.42 Å². The highest BCUT2D eigenvalue weighted by molar-refractivity contribution is 5.77. The van der Waals surface area contributed by atoms with E-state index in [9.17, 15) is 9.90 Å². The smallest absolute Gasteiger partial charge is 0.221 e. The molecule has 3 rings (SSSR count). The van der Waals surface area contributed by atoms with Crippen molar-refractivity contribution in [1.82, 2.24) is 5.32 Å². The maximum absolute atomic E-state index is 12.5. The molecule has 0 aliphatic carbocycles. The third-order valence-electron chi connectivity index (χ3n) is 4.74. The molecule has 2 N–H and O–H groups in total. The molecule has 1 aromatic heterocycles. The average molecular weight is 349 g/mol. The third-order valence-corrected chi connectivity index (χ3v) is 4.74. The number of hydrogen-bond donors (Lipinski definition) is 2. The zero-order valence-corrected chi connectivity index (χ0v) is 15.0. The lowest BCUT2D eigenvalue weighted by Crippen LogP contribution is -2.24. The van der Waals surface area contributed by atoms with Gasteiger partial charge in [0.1, 0.15) is 11.5 Å². The van der Waals surface area contributed by atoms with Crippen LogP contribution in [0, 0.1) is 13.8 Å². The molecule has 134 valence electrons. The van der Waals surface area contributed by atoms with E-state index >= 15 is 0 Å². The highest BCUT2D eigenvalue weighted by atomic mass is 16.3. The van der Waals surface area contributed by atoms with Crippen molar-refractivity contribution < 1.29 is 14.3 Å². The molecule has 0 fully saturated rings. The van der Waals surface area contributed by atoms with Crippen LogP contribution in [0.1, 0.15) is 40.4 Å². The van der Waals surface area contributed by atoms with E-state index in [0.29, 0.717) is 12.3 Å². The molecular weight excluding hydrogens is 326 g/mol. The van der Waals surface area contributed by atoms with Crippen molar-refractivity contribution >= 4 is 5.91 Å². The van der Waals surface area contributed by atoms with Crippen LogP contribution in [0.5, 0.6) is 5.75 Å². The second-order valence-corrected chi connectivity index (χ2v) is 6.47. The number of amides is 1. The maximum Gasteiger partial charge on any atom is 0.221 e. The van der Waals surface area contributed by atoms with E-state index in [1.165, 1.54) is 0 Å². The van der Waals surface area contributed by atoms with Crippen molar-refractivity contribution in [2.75, 3.05) is 0 Å². The van der Waals surface area contributed by atoms with Gasteiger partial charge in [-0.2, -0.15) is 0 Å². The summed E-state index contributed by atoms with van der Waals surface area (Å²) in [5.41, 5.74) is 3.64. The standard InChI is InChI=1S/C22H23NO3/c1-15-10-11-19(22(25)16(15)2)20(17-7-4-3-5-8-17)13-21(24)23-14-18-9-6-12-26-18/h3-12,20,25H,13-14H2,1-2H3,(H,23,24)/t20-/m1/s1. The van der Waals surface area contributed by atoms with Crippen LogP contribution >= 0.6 is 0 Å². The quantitative estimate of drug-likeness (QED) is 0.691. The predicted molar refractivity (Wildman–Crippen MR) is 101 cm³/mol. The fourth-order valence-corrected chi connectivity index (χ4v) is 3.05. The summed E-state index contributed by atoms with van der Waals surface area (Å²) in [4.78, 5) is 12.5. The fraction of sp³-hybridized carbons (Fsp3) is 0.227. The van der Waals surface area contributed by atoms with Gasteiger partial charge in [0, 0.05) is 17.9 Å². The van der Waals surface area contributed by atoms with Crippen molar-refractivity contribution in [2.45, 2.75) is 32.7 Å². The summed E-state index contributed by atoms with van der Waals surface area (Å²) >= 11 is 0. The van der Waals surface area contributed by atoms with E-state index in [1.807, 2.05) is 62.4 Å². The Balaban J connectivity index is 1.85. The summed E-state index contributed by atoms with van der Waals surface area (Å²) in [6.45, 7) is 4.21. The zero-order chi connectivity index (χ0) is 18.5. The van der Waals surface area contributed by atoms with Gasteiger partial charge in [0.05, 0.1) is 12.8 Å². The Hall–Kier alpha value is -3.01. The largest absolute Gasteiger partial charge is 0.507 e. The number of phenols is 1. The van der Waals surface area contributed by atoms with Gasteiger partial charge in [-0.05, 0) is 42.7 Å². The summed E-state index contributed by atoms with van der Waals surface area (Å²) < 4.78 is 5.25. The molecule has 26 heavy (non-hydrogen) atoms. The van der Waals surface area contributed by atoms with Crippen molar-refractivity contribution in [2.24, 2.45) is 0 Å². The van der Waals surface area contributed by atoms with E-state index in [0.717, 1.165) is 22.3 Å². The number of nitrogens with one attached hydrogen (secondary N) is 1. The average Bonchev–Trinajstić information content (AvgIpc) is 3.17. The monoisotopic (exact) mass is 349 g/mol. The van der Waals surface area contributed by atoms with E-state index < -0.39 is 0 Å². The molecule has 2 aromatic carbocycles. The molecule has 1 atom stereocenters. The number of carbonyl (C=O) groups is 1. The first kappa shape index (κ1) is 17.8. The molecule has 0 bridgehead atoms. The Bertz CT molecular complexity index is 870. The lowest BCUT2D eigenvalue weighted by atomic mass is 9.86. The molecular formula is C22H23NO3. The van der Waals surface area contributed by atoms with E-state index in [1.54, 1.807) is 12.3 Å². The van der Waals surface area contributed by atoms with Crippen LogP contribution in [0.4, 0.5) is 0 Å². The Morgan fingerprint density at radius 2 is 1.85 bits per heavy atom. The Labute approximate surface area is 153 Å². The molecule has 1 amide bonds. The molecule has 1 heterocycles. The number of aromatic hydroxyl groups is 1. The normalized spacial score (nSPS) is 11.9. The van der Waals surface area contributed by atoms with Crippen LogP contribution in [0.2, 0.25) is 0 Å². The van der Waals surface area contributed by atoms with Gasteiger partial charge < -0.3 is 14.8 Å². The summed E-state index contributed by atoms with van der Waals surface area (Å²) in [6.07, 6.45) is 1.84. The number of aryl methyl sites for hydroxylation is 1. The second kappa shape index (κ2) is 7.91. The van der Waals surface area contributed by atoms with Gasteiger partial charge in [-0.25, -0.2) is 0 Å².